The third-order valence-electron chi connectivity index (χ3n) is 1.04. The summed E-state index contributed by atoms with van der Waals surface area (Å²) in [7, 11) is 0. The molecule has 0 N–H and O–H groups in total. The summed E-state index contributed by atoms with van der Waals surface area (Å²) in [5.41, 5.74) is 0. The van der Waals surface area contributed by atoms with Crippen LogP contribution in [0.3, 0.4) is 0 Å². The Morgan fingerprint density at radius 2 is 1.33 bits per heavy atom. The number of rotatable bonds is 2. The third-order valence-corrected chi connectivity index (χ3v) is 1.04. The van der Waals surface area contributed by atoms with Gasteiger partial charge in [-0.2, -0.15) is 0 Å². The van der Waals surface area contributed by atoms with E-state index in [1.165, 1.54) is 34.9 Å². The number of hydrogen-bond donors (Lipinski definition) is 0. The molecule has 2 heterocycles. The molecule has 12 heavy (non-hydrogen) atoms. The van der Waals surface area contributed by atoms with Gasteiger partial charge in [0.05, 0.1) is 0 Å². The zero-order valence-corrected chi connectivity index (χ0v) is 5.89. The van der Waals surface area contributed by atoms with Gasteiger partial charge < -0.3 is 0 Å². The summed E-state index contributed by atoms with van der Waals surface area (Å²) in [6.07, 6.45) is 5.56. The van der Waals surface area contributed by atoms with E-state index < -0.39 is 0 Å². The summed E-state index contributed by atoms with van der Waals surface area (Å²) in [5, 5.41) is 14.7. The molecule has 0 aliphatic heterocycles. The van der Waals surface area contributed by atoms with Crippen molar-refractivity contribution in [3.8, 4) is 0 Å². The highest BCUT2D eigenvalue weighted by atomic mass is 15.7. The summed E-state index contributed by atoms with van der Waals surface area (Å²) in [5.74, 6) is 0. The summed E-state index contributed by atoms with van der Waals surface area (Å²) >= 11 is 0. The largest absolute Gasteiger partial charge is 0.221 e. The van der Waals surface area contributed by atoms with Crippen molar-refractivity contribution in [2.24, 2.45) is 10.4 Å². The Morgan fingerprint density at radius 1 is 0.833 bits per heavy atom. The maximum atomic E-state index is 3.70. The van der Waals surface area contributed by atoms with Crippen molar-refractivity contribution >= 4 is 0 Å². The van der Waals surface area contributed by atoms with Crippen LogP contribution in [0.15, 0.2) is 35.8 Å². The molecule has 8 nitrogen and oxygen atoms in total. The lowest BCUT2D eigenvalue weighted by molar-refractivity contribution is 0.587. The number of hydrogen-bond acceptors (Lipinski definition) is 6. The molecule has 0 saturated heterocycles. The smallest absolute Gasteiger partial charge is 0.141 e. The van der Waals surface area contributed by atoms with Crippen molar-refractivity contribution in [2.45, 2.75) is 0 Å². The molecular formula is C4H4N8. The second-order valence-corrected chi connectivity index (χ2v) is 1.81. The zero-order valence-electron chi connectivity index (χ0n) is 5.89. The molecule has 0 atom stereocenters. The van der Waals surface area contributed by atoms with E-state index in [1.54, 1.807) is 0 Å². The van der Waals surface area contributed by atoms with E-state index in [0.29, 0.717) is 0 Å². The molecule has 0 unspecified atom stereocenters. The first-order valence-electron chi connectivity index (χ1n) is 3.07. The molecule has 2 aromatic rings. The van der Waals surface area contributed by atoms with Crippen LogP contribution in [-0.2, 0) is 0 Å². The predicted molar refractivity (Wildman–Crippen MR) is 35.7 cm³/mol. The molecule has 8 heteroatoms. The Kier molecular flexibility index (Phi) is 1.57. The second kappa shape index (κ2) is 2.86. The van der Waals surface area contributed by atoms with Crippen molar-refractivity contribution in [1.82, 2.24) is 29.7 Å². The van der Waals surface area contributed by atoms with Gasteiger partial charge in [0.25, 0.3) is 0 Å². The van der Waals surface area contributed by atoms with Crippen LogP contribution < -0.4 is 0 Å². The summed E-state index contributed by atoms with van der Waals surface area (Å²) in [6, 6.07) is 0. The number of aromatic nitrogens is 6. The lowest BCUT2D eigenvalue weighted by Crippen LogP contribution is -1.91. The van der Waals surface area contributed by atoms with E-state index in [-0.39, 0.29) is 0 Å². The van der Waals surface area contributed by atoms with E-state index in [1.807, 2.05) is 0 Å². The Hall–Kier alpha value is -2.12. The van der Waals surface area contributed by atoms with Crippen molar-refractivity contribution in [2.75, 3.05) is 0 Å². The van der Waals surface area contributed by atoms with Crippen LogP contribution in [-0.4, -0.2) is 29.7 Å². The molecule has 2 aromatic heterocycles. The highest BCUT2D eigenvalue weighted by molar-refractivity contribution is 4.54. The van der Waals surface area contributed by atoms with Gasteiger partial charge in [0, 0.05) is 0 Å². The molecule has 0 aliphatic carbocycles. The van der Waals surface area contributed by atoms with E-state index >= 15 is 0 Å². The van der Waals surface area contributed by atoms with Crippen molar-refractivity contribution in [3.63, 3.8) is 0 Å². The molecule has 0 fully saturated rings. The molecule has 0 radical (unpaired) electrons. The van der Waals surface area contributed by atoms with Gasteiger partial charge in [-0.1, -0.05) is 0 Å². The van der Waals surface area contributed by atoms with Gasteiger partial charge in [-0.15, -0.1) is 19.8 Å². The third kappa shape index (κ3) is 1.31. The van der Waals surface area contributed by atoms with Crippen LogP contribution >= 0.6 is 0 Å². The molecule has 0 aromatic carbocycles. The molecule has 0 aliphatic rings. The van der Waals surface area contributed by atoms with Gasteiger partial charge in [-0.3, -0.25) is 0 Å². The van der Waals surface area contributed by atoms with Crippen LogP contribution in [0.25, 0.3) is 0 Å². The Labute approximate surface area is 66.5 Å². The summed E-state index contributed by atoms with van der Waals surface area (Å²) < 4.78 is 0. The normalized spacial score (nSPS) is 11.0. The van der Waals surface area contributed by atoms with Gasteiger partial charge in [0.2, 0.25) is 0 Å². The summed E-state index contributed by atoms with van der Waals surface area (Å²) in [6.45, 7) is 0. The fourth-order valence-corrected chi connectivity index (χ4v) is 0.578. The first kappa shape index (κ1) is 6.58. The molecule has 0 bridgehead atoms. The van der Waals surface area contributed by atoms with Gasteiger partial charge in [0.1, 0.15) is 25.3 Å². The summed E-state index contributed by atoms with van der Waals surface area (Å²) in [4.78, 5) is 9.77. The lowest BCUT2D eigenvalue weighted by atomic mass is 11.3. The second-order valence-electron chi connectivity index (χ2n) is 1.81. The molecule has 0 saturated carbocycles. The average molecular weight is 164 g/mol. The molecule has 0 amide bonds. The predicted octanol–water partition coefficient (Wildman–Crippen LogP) is -0.452. The van der Waals surface area contributed by atoms with Gasteiger partial charge >= 0.3 is 0 Å². The molecule has 0 spiro atoms. The van der Waals surface area contributed by atoms with Crippen LogP contribution in [0.1, 0.15) is 0 Å². The van der Waals surface area contributed by atoms with Crippen LogP contribution in [0.2, 0.25) is 0 Å². The van der Waals surface area contributed by atoms with E-state index in [4.69, 9.17) is 0 Å². The van der Waals surface area contributed by atoms with Crippen LogP contribution in [0, 0.1) is 0 Å². The Morgan fingerprint density at radius 3 is 1.67 bits per heavy atom. The Bertz CT molecular complexity index is 308. The van der Waals surface area contributed by atoms with Crippen LogP contribution in [0.4, 0.5) is 0 Å². The fourth-order valence-electron chi connectivity index (χ4n) is 0.578. The minimum atomic E-state index is 1.21. The highest BCUT2D eigenvalue weighted by Gasteiger charge is 1.85. The highest BCUT2D eigenvalue weighted by Crippen LogP contribution is 1.83. The monoisotopic (exact) mass is 164 g/mol. The molecular weight excluding hydrogens is 160 g/mol. The SMILES string of the molecule is c1ncn(/N=N/n2cncn2)n1. The van der Waals surface area contributed by atoms with E-state index in [0.717, 1.165) is 0 Å². The first-order valence-corrected chi connectivity index (χ1v) is 3.07. The quantitative estimate of drug-likeness (QED) is 0.562. The zero-order chi connectivity index (χ0) is 8.23. The van der Waals surface area contributed by atoms with Gasteiger partial charge in [0.15, 0.2) is 0 Å². The van der Waals surface area contributed by atoms with Crippen molar-refractivity contribution in [1.29, 1.82) is 0 Å². The van der Waals surface area contributed by atoms with Crippen molar-refractivity contribution < 1.29 is 0 Å². The average Bonchev–Trinajstić information content (AvgIpc) is 2.74. The minimum Gasteiger partial charge on any atom is -0.221 e. The standard InChI is InChI=1S/C4H4N8/c1-5-3-11(7-1)9-10-12-4-6-2-8-12/h1-4H/b10-9+. The van der Waals surface area contributed by atoms with Gasteiger partial charge in [-0.05, 0) is 10.4 Å². The lowest BCUT2D eigenvalue weighted by Gasteiger charge is -1.85. The maximum Gasteiger partial charge on any atom is 0.141 e. The van der Waals surface area contributed by atoms with E-state index in [2.05, 4.69) is 30.6 Å². The van der Waals surface area contributed by atoms with Crippen LogP contribution in [0.5, 0.6) is 0 Å². The topological polar surface area (TPSA) is 86.1 Å². The fraction of sp³-hybridized carbons (Fsp3) is 0. The van der Waals surface area contributed by atoms with Crippen molar-refractivity contribution in [3.05, 3.63) is 25.3 Å². The first-order chi connectivity index (χ1) is 5.95. The molecule has 60 valence electrons. The Balaban J connectivity index is 2.14. The minimum absolute atomic E-state index is 1.21. The molecule has 2 rings (SSSR count). The van der Waals surface area contributed by atoms with E-state index in [9.17, 15) is 0 Å². The maximum absolute atomic E-state index is 3.70. The van der Waals surface area contributed by atoms with Gasteiger partial charge in [-0.25, -0.2) is 9.97 Å². The number of nitrogens with zero attached hydrogens (tertiary/aromatic N) is 8.